The Bertz CT molecular complexity index is 850. The zero-order valence-electron chi connectivity index (χ0n) is 15.7. The van der Waals surface area contributed by atoms with Crippen LogP contribution >= 0.6 is 11.6 Å². The van der Waals surface area contributed by atoms with Crippen molar-refractivity contribution >= 4 is 34.9 Å². The second kappa shape index (κ2) is 9.57. The van der Waals surface area contributed by atoms with E-state index in [1.165, 1.54) is 0 Å². The molecule has 0 bridgehead atoms. The van der Waals surface area contributed by atoms with E-state index in [0.717, 1.165) is 12.1 Å². The summed E-state index contributed by atoms with van der Waals surface area (Å²) in [6.07, 6.45) is 0.738. The molecule has 3 rings (SSSR count). The van der Waals surface area contributed by atoms with Gasteiger partial charge in [-0.3, -0.25) is 4.79 Å². The second-order valence-electron chi connectivity index (χ2n) is 6.40. The first-order chi connectivity index (χ1) is 13.6. The molecular formula is C21H23ClN2O4. The molecular weight excluding hydrogens is 380 g/mol. The van der Waals surface area contributed by atoms with E-state index >= 15 is 0 Å². The molecule has 1 aliphatic heterocycles. The van der Waals surface area contributed by atoms with Gasteiger partial charge in [-0.15, -0.1) is 0 Å². The molecule has 28 heavy (non-hydrogen) atoms. The van der Waals surface area contributed by atoms with Crippen LogP contribution in [0.1, 0.15) is 34.1 Å². The highest BCUT2D eigenvalue weighted by Gasteiger charge is 2.21. The number of hydrogen-bond acceptors (Lipinski definition) is 5. The van der Waals surface area contributed by atoms with Crippen LogP contribution in [0.4, 0.5) is 11.4 Å². The van der Waals surface area contributed by atoms with Crippen molar-refractivity contribution in [3.8, 4) is 0 Å². The highest BCUT2D eigenvalue weighted by Crippen LogP contribution is 2.27. The summed E-state index contributed by atoms with van der Waals surface area (Å²) in [6, 6.07) is 12.1. The Balaban J connectivity index is 1.87. The molecule has 0 atom stereocenters. The van der Waals surface area contributed by atoms with Crippen LogP contribution in [0.2, 0.25) is 5.02 Å². The van der Waals surface area contributed by atoms with Gasteiger partial charge in [0, 0.05) is 18.8 Å². The minimum atomic E-state index is -0.405. The molecule has 1 N–H and O–H groups in total. The summed E-state index contributed by atoms with van der Waals surface area (Å²) in [7, 11) is 0. The third-order valence-electron chi connectivity index (χ3n) is 4.38. The van der Waals surface area contributed by atoms with E-state index in [0.29, 0.717) is 54.7 Å². The lowest BCUT2D eigenvalue weighted by Crippen LogP contribution is -2.37. The van der Waals surface area contributed by atoms with Crippen molar-refractivity contribution in [2.45, 2.75) is 13.3 Å². The summed E-state index contributed by atoms with van der Waals surface area (Å²) in [5.41, 5.74) is 2.08. The lowest BCUT2D eigenvalue weighted by atomic mass is 10.1. The number of ether oxygens (including phenoxy) is 2. The highest BCUT2D eigenvalue weighted by atomic mass is 35.5. The largest absolute Gasteiger partial charge is 0.462 e. The molecule has 7 heteroatoms. The predicted molar refractivity (Wildman–Crippen MR) is 109 cm³/mol. The third-order valence-corrected chi connectivity index (χ3v) is 4.71. The Hall–Kier alpha value is -2.57. The quantitative estimate of drug-likeness (QED) is 0.740. The number of rotatable bonds is 6. The standard InChI is InChI=1S/C21H23ClN2O4/c1-2-11-28-21(26)17-14-15(7-8-19(17)24-9-12-27-13-10-24)23-20(25)16-5-3-4-6-18(16)22/h3-8,14H,2,9-13H2,1H3,(H,23,25). The number of morpholine rings is 1. The van der Waals surface area contributed by atoms with Crippen LogP contribution in [0.5, 0.6) is 0 Å². The molecule has 0 unspecified atom stereocenters. The maximum atomic E-state index is 12.6. The average Bonchev–Trinajstić information content (AvgIpc) is 2.73. The Labute approximate surface area is 169 Å². The first kappa shape index (κ1) is 20.2. The molecule has 1 fully saturated rings. The van der Waals surface area contributed by atoms with Gasteiger partial charge in [0.2, 0.25) is 0 Å². The molecule has 0 spiro atoms. The smallest absolute Gasteiger partial charge is 0.340 e. The Morgan fingerprint density at radius 3 is 2.61 bits per heavy atom. The Kier molecular flexibility index (Phi) is 6.90. The molecule has 1 heterocycles. The Morgan fingerprint density at radius 1 is 1.14 bits per heavy atom. The number of carbonyl (C=O) groups excluding carboxylic acids is 2. The molecule has 6 nitrogen and oxygen atoms in total. The van der Waals surface area contributed by atoms with E-state index in [1.54, 1.807) is 36.4 Å². The molecule has 2 aromatic carbocycles. The number of hydrogen-bond donors (Lipinski definition) is 1. The van der Waals surface area contributed by atoms with Crippen LogP contribution in [-0.2, 0) is 9.47 Å². The topological polar surface area (TPSA) is 67.9 Å². The fraction of sp³-hybridized carbons (Fsp3) is 0.333. The molecule has 0 radical (unpaired) electrons. The van der Waals surface area contributed by atoms with Crippen LogP contribution in [0, 0.1) is 0 Å². The van der Waals surface area contributed by atoms with Gasteiger partial charge in [0.05, 0.1) is 41.7 Å². The van der Waals surface area contributed by atoms with Gasteiger partial charge < -0.3 is 19.7 Å². The highest BCUT2D eigenvalue weighted by molar-refractivity contribution is 6.34. The van der Waals surface area contributed by atoms with Crippen molar-refractivity contribution in [2.75, 3.05) is 43.1 Å². The lowest BCUT2D eigenvalue weighted by Gasteiger charge is -2.30. The van der Waals surface area contributed by atoms with Gasteiger partial charge in [-0.25, -0.2) is 4.79 Å². The molecule has 0 aliphatic carbocycles. The van der Waals surface area contributed by atoms with Crippen LogP contribution in [-0.4, -0.2) is 44.8 Å². The average molecular weight is 403 g/mol. The number of anilines is 2. The van der Waals surface area contributed by atoms with Crippen LogP contribution < -0.4 is 10.2 Å². The number of nitrogens with zero attached hydrogens (tertiary/aromatic N) is 1. The van der Waals surface area contributed by atoms with E-state index in [1.807, 2.05) is 13.0 Å². The van der Waals surface area contributed by atoms with E-state index in [-0.39, 0.29) is 5.91 Å². The van der Waals surface area contributed by atoms with Crippen LogP contribution in [0.25, 0.3) is 0 Å². The summed E-state index contributed by atoms with van der Waals surface area (Å²) < 4.78 is 10.7. The lowest BCUT2D eigenvalue weighted by molar-refractivity contribution is 0.0504. The predicted octanol–water partition coefficient (Wildman–Crippen LogP) is 4.00. The van der Waals surface area contributed by atoms with E-state index < -0.39 is 5.97 Å². The van der Waals surface area contributed by atoms with Gasteiger partial charge in [-0.2, -0.15) is 0 Å². The maximum absolute atomic E-state index is 12.6. The molecule has 1 saturated heterocycles. The van der Waals surface area contributed by atoms with Gasteiger partial charge in [0.15, 0.2) is 0 Å². The molecule has 0 saturated carbocycles. The molecule has 0 aromatic heterocycles. The van der Waals surface area contributed by atoms with Gasteiger partial charge in [-0.05, 0) is 36.8 Å². The fourth-order valence-electron chi connectivity index (χ4n) is 2.97. The first-order valence-electron chi connectivity index (χ1n) is 9.30. The van der Waals surface area contributed by atoms with Crippen LogP contribution in [0.15, 0.2) is 42.5 Å². The van der Waals surface area contributed by atoms with Crippen molar-refractivity contribution < 1.29 is 19.1 Å². The SMILES string of the molecule is CCCOC(=O)c1cc(NC(=O)c2ccccc2Cl)ccc1N1CCOCC1. The second-order valence-corrected chi connectivity index (χ2v) is 6.81. The zero-order valence-corrected chi connectivity index (χ0v) is 16.5. The third kappa shape index (κ3) is 4.82. The van der Waals surface area contributed by atoms with Crippen molar-refractivity contribution in [1.29, 1.82) is 0 Å². The van der Waals surface area contributed by atoms with E-state index in [9.17, 15) is 9.59 Å². The number of esters is 1. The van der Waals surface area contributed by atoms with Gasteiger partial charge >= 0.3 is 5.97 Å². The van der Waals surface area contributed by atoms with Crippen molar-refractivity contribution in [3.05, 3.63) is 58.6 Å². The molecule has 1 amide bonds. The van der Waals surface area contributed by atoms with E-state index in [4.69, 9.17) is 21.1 Å². The summed E-state index contributed by atoms with van der Waals surface area (Å²) >= 11 is 6.10. The van der Waals surface area contributed by atoms with Crippen LogP contribution in [0.3, 0.4) is 0 Å². The van der Waals surface area contributed by atoms with Crippen molar-refractivity contribution in [2.24, 2.45) is 0 Å². The summed E-state index contributed by atoms with van der Waals surface area (Å²) in [4.78, 5) is 27.2. The number of carbonyl (C=O) groups is 2. The summed E-state index contributed by atoms with van der Waals surface area (Å²) in [6.45, 7) is 4.88. The van der Waals surface area contributed by atoms with Crippen molar-refractivity contribution in [3.63, 3.8) is 0 Å². The summed E-state index contributed by atoms with van der Waals surface area (Å²) in [5.74, 6) is -0.741. The Morgan fingerprint density at radius 2 is 1.89 bits per heavy atom. The number of nitrogens with one attached hydrogen (secondary N) is 1. The fourth-order valence-corrected chi connectivity index (χ4v) is 3.20. The van der Waals surface area contributed by atoms with Gasteiger partial charge in [0.25, 0.3) is 5.91 Å². The molecule has 2 aromatic rings. The normalized spacial score (nSPS) is 13.9. The molecule has 1 aliphatic rings. The number of amides is 1. The van der Waals surface area contributed by atoms with Gasteiger partial charge in [0.1, 0.15) is 0 Å². The zero-order chi connectivity index (χ0) is 19.9. The minimum Gasteiger partial charge on any atom is -0.462 e. The van der Waals surface area contributed by atoms with Crippen molar-refractivity contribution in [1.82, 2.24) is 0 Å². The maximum Gasteiger partial charge on any atom is 0.340 e. The molecule has 148 valence electrons. The van der Waals surface area contributed by atoms with Gasteiger partial charge in [-0.1, -0.05) is 30.7 Å². The number of halogens is 1. The summed E-state index contributed by atoms with van der Waals surface area (Å²) in [5, 5.41) is 3.17. The monoisotopic (exact) mass is 402 g/mol. The minimum absolute atomic E-state index is 0.336. The van der Waals surface area contributed by atoms with E-state index in [2.05, 4.69) is 10.2 Å². The first-order valence-corrected chi connectivity index (χ1v) is 9.67. The number of benzene rings is 2.